The molecule has 3 N–H and O–H groups in total. The molecule has 2 rings (SSSR count). The van der Waals surface area contributed by atoms with E-state index in [0.29, 0.717) is 22.6 Å². The van der Waals surface area contributed by atoms with Crippen molar-refractivity contribution in [2.24, 2.45) is 5.73 Å². The maximum Gasteiger partial charge on any atom is 0.252 e. The first-order chi connectivity index (χ1) is 9.70. The van der Waals surface area contributed by atoms with E-state index in [0.717, 1.165) is 12.8 Å². The van der Waals surface area contributed by atoms with Crippen molar-refractivity contribution in [3.63, 3.8) is 0 Å². The van der Waals surface area contributed by atoms with Crippen molar-refractivity contribution in [3.05, 3.63) is 29.6 Å². The number of hydrogen-bond donors (Lipinski definition) is 2. The summed E-state index contributed by atoms with van der Waals surface area (Å²) in [4.78, 5) is 16.2. The van der Waals surface area contributed by atoms with Gasteiger partial charge in [0, 0.05) is 40.7 Å². The van der Waals surface area contributed by atoms with Crippen LogP contribution in [0.3, 0.4) is 0 Å². The monoisotopic (exact) mass is 291 g/mol. The van der Waals surface area contributed by atoms with Crippen molar-refractivity contribution >= 4 is 16.7 Å². The minimum absolute atomic E-state index is 0.0867. The molecule has 1 aromatic heterocycles. The summed E-state index contributed by atoms with van der Waals surface area (Å²) in [5.74, 6) is 6.73. The molecule has 106 valence electrons. The predicted octanol–water partition coefficient (Wildman–Crippen LogP) is 0.0327. The second kappa shape index (κ2) is 7.17. The quantitative estimate of drug-likeness (QED) is 0.753. The number of pyridine rings is 1. The highest BCUT2D eigenvalue weighted by Crippen LogP contribution is 2.11. The summed E-state index contributed by atoms with van der Waals surface area (Å²) in [6.45, 7) is 0.240. The fourth-order valence-corrected chi connectivity index (χ4v) is 3.34. The first-order valence-corrected chi connectivity index (χ1v) is 7.98. The molecular weight excluding hydrogens is 274 g/mol. The molecule has 0 saturated carbocycles. The van der Waals surface area contributed by atoms with Gasteiger partial charge >= 0.3 is 0 Å². The standard InChI is InChI=1S/C14H17N3O2S/c15-6-1-2-11-10-16-7-3-13(11)14(18)17-12-4-8-20(19)9-5-12/h3,7,10,12H,4-6,8-9,15H2,(H,17,18). The number of nitrogens with two attached hydrogens (primary N) is 1. The highest BCUT2D eigenvalue weighted by molar-refractivity contribution is 7.85. The van der Waals surface area contributed by atoms with Gasteiger partial charge in [-0.15, -0.1) is 0 Å². The van der Waals surface area contributed by atoms with Crippen molar-refractivity contribution in [1.29, 1.82) is 0 Å². The molecule has 1 amide bonds. The fraction of sp³-hybridized carbons (Fsp3) is 0.429. The van der Waals surface area contributed by atoms with Crippen LogP contribution in [-0.2, 0) is 10.8 Å². The lowest BCUT2D eigenvalue weighted by atomic mass is 10.1. The van der Waals surface area contributed by atoms with E-state index >= 15 is 0 Å². The number of nitrogens with zero attached hydrogens (tertiary/aromatic N) is 1. The maximum absolute atomic E-state index is 12.3. The van der Waals surface area contributed by atoms with Crippen molar-refractivity contribution in [2.75, 3.05) is 18.1 Å². The van der Waals surface area contributed by atoms with E-state index in [9.17, 15) is 9.00 Å². The van der Waals surface area contributed by atoms with E-state index in [-0.39, 0.29) is 18.5 Å². The Morgan fingerprint density at radius 1 is 1.50 bits per heavy atom. The first kappa shape index (κ1) is 14.7. The molecule has 0 atom stereocenters. The lowest BCUT2D eigenvalue weighted by Crippen LogP contribution is -2.39. The molecule has 0 aromatic carbocycles. The maximum atomic E-state index is 12.3. The zero-order chi connectivity index (χ0) is 14.4. The Morgan fingerprint density at radius 2 is 2.25 bits per heavy atom. The third-order valence-corrected chi connectivity index (χ3v) is 4.50. The van der Waals surface area contributed by atoms with Gasteiger partial charge in [-0.25, -0.2) is 0 Å². The van der Waals surface area contributed by atoms with Crippen LogP contribution >= 0.6 is 0 Å². The van der Waals surface area contributed by atoms with Gasteiger partial charge in [0.15, 0.2) is 0 Å². The molecule has 1 fully saturated rings. The first-order valence-electron chi connectivity index (χ1n) is 6.49. The third kappa shape index (κ3) is 3.89. The lowest BCUT2D eigenvalue weighted by Gasteiger charge is -2.22. The molecule has 1 aromatic rings. The predicted molar refractivity (Wildman–Crippen MR) is 78.5 cm³/mol. The van der Waals surface area contributed by atoms with Crippen LogP contribution in [0.5, 0.6) is 0 Å². The minimum Gasteiger partial charge on any atom is -0.349 e. The normalized spacial score (nSPS) is 21.6. The zero-order valence-electron chi connectivity index (χ0n) is 11.1. The molecule has 1 aliphatic heterocycles. The average molecular weight is 291 g/mol. The Labute approximate surface area is 120 Å². The highest BCUT2D eigenvalue weighted by atomic mass is 32.2. The summed E-state index contributed by atoms with van der Waals surface area (Å²) >= 11 is 0. The van der Waals surface area contributed by atoms with Gasteiger partial charge in [-0.3, -0.25) is 14.0 Å². The number of carbonyl (C=O) groups is 1. The third-order valence-electron chi connectivity index (χ3n) is 3.11. The van der Waals surface area contributed by atoms with Gasteiger partial charge < -0.3 is 11.1 Å². The molecule has 0 aliphatic carbocycles. The Morgan fingerprint density at radius 3 is 2.95 bits per heavy atom. The topological polar surface area (TPSA) is 85.1 Å². The van der Waals surface area contributed by atoms with Crippen LogP contribution in [0.4, 0.5) is 0 Å². The largest absolute Gasteiger partial charge is 0.349 e. The summed E-state index contributed by atoms with van der Waals surface area (Å²) in [6, 6.07) is 1.74. The molecule has 0 bridgehead atoms. The number of rotatable bonds is 2. The lowest BCUT2D eigenvalue weighted by molar-refractivity contribution is 0.0934. The van der Waals surface area contributed by atoms with E-state index in [1.54, 1.807) is 18.5 Å². The van der Waals surface area contributed by atoms with Crippen molar-refractivity contribution in [1.82, 2.24) is 10.3 Å². The molecule has 1 saturated heterocycles. The Balaban J connectivity index is 2.07. The van der Waals surface area contributed by atoms with Gasteiger partial charge in [0.2, 0.25) is 0 Å². The smallest absolute Gasteiger partial charge is 0.252 e. The van der Waals surface area contributed by atoms with Crippen LogP contribution in [0.1, 0.15) is 28.8 Å². The summed E-state index contributed by atoms with van der Waals surface area (Å²) in [7, 11) is -0.726. The zero-order valence-corrected chi connectivity index (χ0v) is 11.9. The van der Waals surface area contributed by atoms with Gasteiger partial charge in [0.05, 0.1) is 17.7 Å². The van der Waals surface area contributed by atoms with Gasteiger partial charge in [0.1, 0.15) is 0 Å². The van der Waals surface area contributed by atoms with E-state index < -0.39 is 10.8 Å². The molecule has 0 spiro atoms. The van der Waals surface area contributed by atoms with Crippen molar-refractivity contribution in [2.45, 2.75) is 18.9 Å². The average Bonchev–Trinajstić information content (AvgIpc) is 2.47. The molecular formula is C14H17N3O2S. The molecule has 5 nitrogen and oxygen atoms in total. The SMILES string of the molecule is NCC#Cc1cnccc1C(=O)NC1CCS(=O)CC1. The number of carbonyl (C=O) groups excluding carboxylic acids is 1. The Bertz CT molecular complexity index is 567. The second-order valence-corrected chi connectivity index (χ2v) is 6.22. The van der Waals surface area contributed by atoms with Crippen LogP contribution in [-0.4, -0.2) is 39.2 Å². The molecule has 0 radical (unpaired) electrons. The fourth-order valence-electron chi connectivity index (χ4n) is 2.04. The van der Waals surface area contributed by atoms with E-state index in [1.165, 1.54) is 0 Å². The number of hydrogen-bond acceptors (Lipinski definition) is 4. The van der Waals surface area contributed by atoms with E-state index in [4.69, 9.17) is 5.73 Å². The highest BCUT2D eigenvalue weighted by Gasteiger charge is 2.20. The van der Waals surface area contributed by atoms with Crippen LogP contribution in [0.15, 0.2) is 18.5 Å². The summed E-state index contributed by atoms with van der Waals surface area (Å²) in [6.07, 6.45) is 4.65. The summed E-state index contributed by atoms with van der Waals surface area (Å²) in [5, 5.41) is 2.97. The van der Waals surface area contributed by atoms with Crippen LogP contribution < -0.4 is 11.1 Å². The summed E-state index contributed by atoms with van der Waals surface area (Å²) in [5.41, 5.74) is 6.43. The van der Waals surface area contributed by atoms with Gasteiger partial charge in [-0.2, -0.15) is 0 Å². The molecule has 0 unspecified atom stereocenters. The number of amides is 1. The Kier molecular flexibility index (Phi) is 5.27. The molecule has 20 heavy (non-hydrogen) atoms. The molecule has 1 aliphatic rings. The van der Waals surface area contributed by atoms with Gasteiger partial charge in [0.25, 0.3) is 5.91 Å². The van der Waals surface area contributed by atoms with Gasteiger partial charge in [-0.1, -0.05) is 11.8 Å². The van der Waals surface area contributed by atoms with E-state index in [2.05, 4.69) is 22.1 Å². The minimum atomic E-state index is -0.726. The Hall–Kier alpha value is -1.71. The van der Waals surface area contributed by atoms with Crippen LogP contribution in [0.2, 0.25) is 0 Å². The van der Waals surface area contributed by atoms with Crippen molar-refractivity contribution < 1.29 is 9.00 Å². The van der Waals surface area contributed by atoms with Crippen LogP contribution in [0.25, 0.3) is 0 Å². The molecule has 2 heterocycles. The number of nitrogens with one attached hydrogen (secondary N) is 1. The number of aromatic nitrogens is 1. The van der Waals surface area contributed by atoms with Crippen molar-refractivity contribution in [3.8, 4) is 11.8 Å². The molecule has 6 heteroatoms. The second-order valence-electron chi connectivity index (χ2n) is 4.52. The van der Waals surface area contributed by atoms with Crippen LogP contribution in [0, 0.1) is 11.8 Å². The van der Waals surface area contributed by atoms with E-state index in [1.807, 2.05) is 0 Å². The summed E-state index contributed by atoms with van der Waals surface area (Å²) < 4.78 is 11.3. The van der Waals surface area contributed by atoms with Gasteiger partial charge in [-0.05, 0) is 18.9 Å².